The number of methoxy groups -OCH3 is 1. The Kier molecular flexibility index (Phi) is 20.8. The molecule has 20 nitrogen and oxygen atoms in total. The summed E-state index contributed by atoms with van der Waals surface area (Å²) in [4.78, 5) is 74.4. The zero-order valence-electron chi connectivity index (χ0n) is 53.1. The molecule has 0 saturated carbocycles. The number of fused-ring (bicyclic) bond motifs is 1. The molecule has 90 heavy (non-hydrogen) atoms. The van der Waals surface area contributed by atoms with Gasteiger partial charge in [-0.05, 0) is 151 Å². The van der Waals surface area contributed by atoms with Gasteiger partial charge in [0.15, 0.2) is 5.82 Å². The number of sulfonamides is 1. The largest absolute Gasteiger partial charge is 0.494 e. The fraction of sp³-hybridized carbons (Fsp3) is 0.362. The van der Waals surface area contributed by atoms with Crippen molar-refractivity contribution >= 4 is 61.8 Å². The number of rotatable bonds is 25. The lowest BCUT2D eigenvalue weighted by Crippen LogP contribution is -2.51. The smallest absolute Gasteiger partial charge is 0.293 e. The molecular weight excluding hydrogens is 1160 g/mol. The Morgan fingerprint density at radius 1 is 0.800 bits per heavy atom. The summed E-state index contributed by atoms with van der Waals surface area (Å²) in [5.74, 6) is 0.548. The van der Waals surface area contributed by atoms with Crippen LogP contribution in [0.2, 0.25) is 0 Å². The Bertz CT molecular complexity index is 4080. The Morgan fingerprint density at radius 2 is 1.50 bits per heavy atom. The second-order valence-corrected chi connectivity index (χ2v) is 26.3. The molecular formula is C69H81N11O9S. The lowest BCUT2D eigenvalue weighted by Gasteiger charge is -2.34. The van der Waals surface area contributed by atoms with Crippen molar-refractivity contribution in [2.24, 2.45) is 14.1 Å². The van der Waals surface area contributed by atoms with Crippen LogP contribution in [0.25, 0.3) is 22.3 Å². The van der Waals surface area contributed by atoms with Gasteiger partial charge >= 0.3 is 0 Å². The first-order valence-electron chi connectivity index (χ1n) is 30.4. The van der Waals surface area contributed by atoms with Gasteiger partial charge in [-0.25, -0.2) is 18.1 Å². The van der Waals surface area contributed by atoms with Crippen LogP contribution < -0.4 is 31.0 Å². The summed E-state index contributed by atoms with van der Waals surface area (Å²) in [5.41, 5.74) is 9.95. The fourth-order valence-corrected chi connectivity index (χ4v) is 12.3. The van der Waals surface area contributed by atoms with Crippen molar-refractivity contribution in [3.05, 3.63) is 182 Å². The fourth-order valence-electron chi connectivity index (χ4n) is 11.1. The molecule has 0 aliphatic carbocycles. The molecule has 1 aliphatic heterocycles. The van der Waals surface area contributed by atoms with E-state index in [0.717, 1.165) is 70.1 Å². The lowest BCUT2D eigenvalue weighted by atomic mass is 9.85. The number of hydrogen-bond acceptors (Lipinski definition) is 14. The van der Waals surface area contributed by atoms with E-state index in [1.54, 1.807) is 99.5 Å². The summed E-state index contributed by atoms with van der Waals surface area (Å²) in [6, 6.07) is 36.3. The minimum absolute atomic E-state index is 0.00991. The predicted octanol–water partition coefficient (Wildman–Crippen LogP) is 10.1. The summed E-state index contributed by atoms with van der Waals surface area (Å²) < 4.78 is 43.8. The number of ketones is 1. The number of unbranched alkanes of at least 4 members (excludes halogenated alkanes) is 3. The molecule has 3 amide bonds. The molecule has 3 N–H and O–H groups in total. The van der Waals surface area contributed by atoms with Gasteiger partial charge in [0.1, 0.15) is 28.3 Å². The van der Waals surface area contributed by atoms with Gasteiger partial charge in [-0.15, -0.1) is 5.10 Å². The molecule has 2 aromatic heterocycles. The van der Waals surface area contributed by atoms with E-state index in [4.69, 9.17) is 14.5 Å². The highest BCUT2D eigenvalue weighted by atomic mass is 32.2. The number of ether oxygens (including phenoxy) is 2. The molecule has 21 heteroatoms. The van der Waals surface area contributed by atoms with Gasteiger partial charge in [0, 0.05) is 107 Å². The number of nitrogens with one attached hydrogen (secondary N) is 3. The maximum atomic E-state index is 13.8. The van der Waals surface area contributed by atoms with Gasteiger partial charge in [-0.3, -0.25) is 28.9 Å². The summed E-state index contributed by atoms with van der Waals surface area (Å²) in [7, 11) is 2.72. The highest BCUT2D eigenvalue weighted by Gasteiger charge is 2.27. The Balaban J connectivity index is 0.666. The van der Waals surface area contributed by atoms with E-state index in [0.29, 0.717) is 84.5 Å². The quantitative estimate of drug-likeness (QED) is 0.0452. The molecule has 6 aromatic carbocycles. The summed E-state index contributed by atoms with van der Waals surface area (Å²) >= 11 is 0. The highest BCUT2D eigenvalue weighted by molar-refractivity contribution is 7.89. The zero-order chi connectivity index (χ0) is 64.4. The number of aromatic nitrogens is 5. The van der Waals surface area contributed by atoms with E-state index in [9.17, 15) is 32.4 Å². The van der Waals surface area contributed by atoms with E-state index >= 15 is 0 Å². The molecule has 1 atom stereocenters. The molecule has 1 fully saturated rings. The molecule has 8 aromatic rings. The maximum Gasteiger partial charge on any atom is 0.293 e. The van der Waals surface area contributed by atoms with Gasteiger partial charge in [-0.1, -0.05) is 81.3 Å². The first kappa shape index (κ1) is 65.4. The normalized spacial score (nSPS) is 13.3. The van der Waals surface area contributed by atoms with Crippen molar-refractivity contribution in [2.45, 2.75) is 96.4 Å². The molecule has 9 rings (SSSR count). The molecule has 0 bridgehead atoms. The van der Waals surface area contributed by atoms with Crippen LogP contribution in [0, 0.1) is 13.8 Å². The molecule has 1 saturated heterocycles. The van der Waals surface area contributed by atoms with Crippen LogP contribution in [0.15, 0.2) is 137 Å². The zero-order valence-corrected chi connectivity index (χ0v) is 53.9. The number of carbonyl (C=O) groups is 4. The number of carbonyl (C=O) groups excluding carboxylic acids is 4. The SMILES string of the molecule is COc1cc(C(CC(C)=O)c2ccc(C)c(CN(C)S(=O)(=O)c3ccc(OCCCCCCNC(=O)CN4CCN(C(=O)c5ccc(Nc6nc(-c7cccc(NC(=O)c8ccc(C(C)(C)C)cc8)c7C)cn(C)c6=O)cc5)CC4)cc3)c2)cc2nnn(C)c12. The van der Waals surface area contributed by atoms with Gasteiger partial charge in [0.2, 0.25) is 15.9 Å². The lowest BCUT2D eigenvalue weighted by molar-refractivity contribution is -0.122. The third kappa shape index (κ3) is 15.9. The second kappa shape index (κ2) is 28.6. The van der Waals surface area contributed by atoms with Gasteiger partial charge in [0.25, 0.3) is 17.4 Å². The van der Waals surface area contributed by atoms with Crippen LogP contribution >= 0.6 is 0 Å². The summed E-state index contributed by atoms with van der Waals surface area (Å²) in [5, 5.41) is 17.6. The van der Waals surface area contributed by atoms with E-state index in [-0.39, 0.29) is 70.6 Å². The molecule has 1 unspecified atom stereocenters. The Hall–Kier alpha value is -9.05. The van der Waals surface area contributed by atoms with Gasteiger partial charge in [-0.2, -0.15) is 4.31 Å². The third-order valence-electron chi connectivity index (χ3n) is 16.5. The number of anilines is 3. The van der Waals surface area contributed by atoms with Crippen molar-refractivity contribution in [2.75, 3.05) is 70.7 Å². The van der Waals surface area contributed by atoms with E-state index in [1.165, 1.54) is 8.87 Å². The van der Waals surface area contributed by atoms with Gasteiger partial charge < -0.3 is 34.9 Å². The first-order valence-corrected chi connectivity index (χ1v) is 31.8. The average molecular weight is 1240 g/mol. The van der Waals surface area contributed by atoms with Crippen LogP contribution in [-0.4, -0.2) is 131 Å². The molecule has 3 heterocycles. The minimum Gasteiger partial charge on any atom is -0.494 e. The van der Waals surface area contributed by atoms with Crippen molar-refractivity contribution in [1.29, 1.82) is 0 Å². The van der Waals surface area contributed by atoms with Crippen LogP contribution in [-0.2, 0) is 45.7 Å². The van der Waals surface area contributed by atoms with Gasteiger partial charge in [0.05, 0.1) is 30.9 Å². The van der Waals surface area contributed by atoms with E-state index in [2.05, 4.69) is 47.0 Å². The van der Waals surface area contributed by atoms with Crippen molar-refractivity contribution in [3.8, 4) is 22.8 Å². The monoisotopic (exact) mass is 1240 g/mol. The van der Waals surface area contributed by atoms with Crippen molar-refractivity contribution in [1.82, 2.24) is 44.0 Å². The van der Waals surface area contributed by atoms with Crippen molar-refractivity contribution < 1.29 is 37.1 Å². The molecule has 0 radical (unpaired) electrons. The molecule has 1 aliphatic rings. The third-order valence-corrected chi connectivity index (χ3v) is 18.3. The number of Topliss-reactive ketones (excluding diaryl/α,β-unsaturated/α-hetero) is 1. The van der Waals surface area contributed by atoms with E-state index < -0.39 is 10.0 Å². The topological polar surface area (TPSA) is 232 Å². The van der Waals surface area contributed by atoms with Crippen LogP contribution in [0.1, 0.15) is 120 Å². The predicted molar refractivity (Wildman–Crippen MR) is 350 cm³/mol. The van der Waals surface area contributed by atoms with Crippen LogP contribution in [0.4, 0.5) is 17.2 Å². The number of amides is 3. The average Bonchev–Trinajstić information content (AvgIpc) is 1.64. The Labute approximate surface area is 526 Å². The number of nitrogens with zero attached hydrogens (tertiary/aromatic N) is 8. The minimum atomic E-state index is -3.87. The summed E-state index contributed by atoms with van der Waals surface area (Å²) in [6.45, 7) is 15.2. The highest BCUT2D eigenvalue weighted by Crippen LogP contribution is 2.36. The second-order valence-electron chi connectivity index (χ2n) is 24.2. The van der Waals surface area contributed by atoms with E-state index in [1.807, 2.05) is 91.5 Å². The number of aryl methyl sites for hydroxylation is 3. The number of benzene rings is 6. The van der Waals surface area contributed by atoms with Crippen LogP contribution in [0.3, 0.4) is 0 Å². The van der Waals surface area contributed by atoms with Crippen LogP contribution in [0.5, 0.6) is 11.5 Å². The first-order chi connectivity index (χ1) is 43.0. The summed E-state index contributed by atoms with van der Waals surface area (Å²) in [6.07, 6.45) is 5.29. The standard InChI is InChI=1S/C69H81N11O9S/c1-45-18-19-50(58(38-46(2)81)51-40-60-64(62(41-51)88-10)78(9)75-74-60)39-52(45)42-77(8)90(86,87)56-30-28-55(29-31-56)89-37-14-12-11-13-32-70-63(82)44-79-33-35-80(36-34-79)67(84)49-22-26-54(27-23-49)71-65-68(85)76(7)43-61(72-65)57-16-15-17-59(47(57)3)73-66(83)48-20-24-53(25-21-48)69(4,5)6/h15-31,39-41,43,58H,11-14,32-38,42,44H2,1-10H3,(H,70,82)(H,71,72)(H,73,83). The maximum absolute atomic E-state index is 13.8. The number of piperazine rings is 1. The molecule has 0 spiro atoms. The molecule has 472 valence electrons. The number of hydrogen-bond donors (Lipinski definition) is 3. The Morgan fingerprint density at radius 3 is 2.19 bits per heavy atom. The van der Waals surface area contributed by atoms with Crippen molar-refractivity contribution in [3.63, 3.8) is 0 Å².